The van der Waals surface area contributed by atoms with E-state index in [0.717, 1.165) is 23.7 Å². The van der Waals surface area contributed by atoms with Gasteiger partial charge < -0.3 is 0 Å². The molecule has 0 radical (unpaired) electrons. The van der Waals surface area contributed by atoms with Crippen molar-refractivity contribution in [2.75, 3.05) is 0 Å². The highest BCUT2D eigenvalue weighted by atomic mass is 14.4. The van der Waals surface area contributed by atoms with Crippen LogP contribution in [0.4, 0.5) is 0 Å². The lowest BCUT2D eigenvalue weighted by Gasteiger charge is -2.16. The van der Waals surface area contributed by atoms with Crippen molar-refractivity contribution in [3.8, 4) is 0 Å². The standard InChI is InChI=1S/C13H18.C7H8/c1-8(2)12-10-5-6-11(7-10)13(12)9(3)4;1-2-7-4-3-6(1)5-7/h5-6,10-11H,7H2,1-4H3;1-4,6-7H,5H2. The largest absolute Gasteiger partial charge is 0.0810 e. The summed E-state index contributed by atoms with van der Waals surface area (Å²) in [5.74, 6) is 3.09. The van der Waals surface area contributed by atoms with E-state index in [4.69, 9.17) is 0 Å². The predicted molar refractivity (Wildman–Crippen MR) is 87.4 cm³/mol. The lowest BCUT2D eigenvalue weighted by Crippen LogP contribution is -2.01. The van der Waals surface area contributed by atoms with Crippen LogP contribution in [0.3, 0.4) is 0 Å². The Hall–Kier alpha value is -1.30. The Kier molecular flexibility index (Phi) is 3.58. The van der Waals surface area contributed by atoms with E-state index in [-0.39, 0.29) is 0 Å². The molecule has 4 bridgehead atoms. The highest BCUT2D eigenvalue weighted by molar-refractivity contribution is 5.51. The van der Waals surface area contributed by atoms with Crippen LogP contribution in [0.1, 0.15) is 40.5 Å². The molecule has 1 fully saturated rings. The van der Waals surface area contributed by atoms with E-state index in [1.165, 1.54) is 24.0 Å². The number of hydrogen-bond acceptors (Lipinski definition) is 0. The first kappa shape index (κ1) is 13.7. The minimum absolute atomic E-state index is 0.736. The molecule has 0 saturated heterocycles. The van der Waals surface area contributed by atoms with Gasteiger partial charge in [0.25, 0.3) is 0 Å². The van der Waals surface area contributed by atoms with Crippen LogP contribution in [-0.2, 0) is 0 Å². The van der Waals surface area contributed by atoms with Gasteiger partial charge in [-0.15, -0.1) is 0 Å². The molecule has 0 heteroatoms. The highest BCUT2D eigenvalue weighted by Gasteiger charge is 2.36. The molecule has 0 aromatic carbocycles. The van der Waals surface area contributed by atoms with Gasteiger partial charge in [0, 0.05) is 11.8 Å². The van der Waals surface area contributed by atoms with Gasteiger partial charge in [0.1, 0.15) is 0 Å². The Morgan fingerprint density at radius 1 is 0.650 bits per heavy atom. The third-order valence-electron chi connectivity index (χ3n) is 4.95. The average molecular weight is 266 g/mol. The van der Waals surface area contributed by atoms with Crippen molar-refractivity contribution < 1.29 is 0 Å². The molecule has 0 nitrogen and oxygen atoms in total. The fourth-order valence-corrected chi connectivity index (χ4v) is 4.13. The first-order valence-electron chi connectivity index (χ1n) is 7.96. The number of hydrogen-bond donors (Lipinski definition) is 0. The molecule has 4 aliphatic rings. The Balaban J connectivity index is 0.000000144. The lowest BCUT2D eigenvalue weighted by molar-refractivity contribution is 0.731. The van der Waals surface area contributed by atoms with Gasteiger partial charge in [-0.3, -0.25) is 0 Å². The predicted octanol–water partition coefficient (Wildman–Crippen LogP) is 5.61. The van der Waals surface area contributed by atoms with Crippen molar-refractivity contribution >= 4 is 0 Å². The molecule has 0 N–H and O–H groups in total. The van der Waals surface area contributed by atoms with E-state index in [0.29, 0.717) is 0 Å². The summed E-state index contributed by atoms with van der Waals surface area (Å²) in [6.07, 6.45) is 16.7. The first-order valence-corrected chi connectivity index (χ1v) is 7.96. The van der Waals surface area contributed by atoms with Crippen LogP contribution in [0, 0.1) is 23.7 Å². The Bertz CT molecular complexity index is 483. The van der Waals surface area contributed by atoms with Gasteiger partial charge in [-0.05, 0) is 63.5 Å². The average Bonchev–Trinajstić information content (AvgIpc) is 3.18. The minimum atomic E-state index is 0.736. The molecule has 2 unspecified atom stereocenters. The van der Waals surface area contributed by atoms with Gasteiger partial charge in [-0.1, -0.05) is 47.6 Å². The van der Waals surface area contributed by atoms with E-state index < -0.39 is 0 Å². The SMILES string of the molecule is C1=CC2C=CC1C2.CC(C)=C1C(=C(C)C)C2C=CC1C2. The van der Waals surface area contributed by atoms with Gasteiger partial charge in [-0.25, -0.2) is 0 Å². The van der Waals surface area contributed by atoms with Gasteiger partial charge in [0.15, 0.2) is 0 Å². The Morgan fingerprint density at radius 3 is 1.30 bits per heavy atom. The third kappa shape index (κ3) is 2.37. The molecule has 4 aliphatic carbocycles. The number of rotatable bonds is 0. The van der Waals surface area contributed by atoms with Crippen LogP contribution >= 0.6 is 0 Å². The summed E-state index contributed by atoms with van der Waals surface area (Å²) < 4.78 is 0. The molecule has 0 aromatic rings. The zero-order chi connectivity index (χ0) is 14.3. The number of allylic oxidation sites excluding steroid dienone is 10. The van der Waals surface area contributed by atoms with E-state index >= 15 is 0 Å². The summed E-state index contributed by atoms with van der Waals surface area (Å²) in [4.78, 5) is 0. The molecular formula is C20H26. The molecule has 2 atom stereocenters. The van der Waals surface area contributed by atoms with Crippen molar-refractivity contribution in [1.29, 1.82) is 0 Å². The molecule has 0 spiro atoms. The molecule has 0 aromatic heterocycles. The molecule has 4 rings (SSSR count). The second kappa shape index (κ2) is 5.24. The molecule has 20 heavy (non-hydrogen) atoms. The molecule has 0 aliphatic heterocycles. The second-order valence-electron chi connectivity index (χ2n) is 6.99. The maximum atomic E-state index is 2.39. The van der Waals surface area contributed by atoms with Gasteiger partial charge in [0.05, 0.1) is 0 Å². The summed E-state index contributed by atoms with van der Waals surface area (Å²) in [5, 5.41) is 0. The van der Waals surface area contributed by atoms with E-state index in [1.807, 2.05) is 0 Å². The van der Waals surface area contributed by atoms with Crippen molar-refractivity contribution in [3.63, 3.8) is 0 Å². The number of fused-ring (bicyclic) bond motifs is 4. The Morgan fingerprint density at radius 2 is 1.05 bits per heavy atom. The normalized spacial score (nSPS) is 34.8. The van der Waals surface area contributed by atoms with Gasteiger partial charge in [-0.2, -0.15) is 0 Å². The van der Waals surface area contributed by atoms with E-state index in [2.05, 4.69) is 64.2 Å². The smallest absolute Gasteiger partial charge is 0.00292 e. The molecule has 0 heterocycles. The van der Waals surface area contributed by atoms with Crippen LogP contribution in [0.5, 0.6) is 0 Å². The molecule has 0 amide bonds. The zero-order valence-corrected chi connectivity index (χ0v) is 13.2. The quantitative estimate of drug-likeness (QED) is 0.500. The fraction of sp³-hybridized carbons (Fsp3) is 0.500. The summed E-state index contributed by atoms with van der Waals surface area (Å²) in [6, 6.07) is 0. The second-order valence-corrected chi connectivity index (χ2v) is 6.99. The first-order chi connectivity index (χ1) is 9.56. The van der Waals surface area contributed by atoms with Crippen molar-refractivity contribution in [3.05, 3.63) is 58.7 Å². The van der Waals surface area contributed by atoms with Crippen molar-refractivity contribution in [1.82, 2.24) is 0 Å². The van der Waals surface area contributed by atoms with Crippen LogP contribution in [0.25, 0.3) is 0 Å². The van der Waals surface area contributed by atoms with Crippen LogP contribution < -0.4 is 0 Å². The summed E-state index contributed by atoms with van der Waals surface area (Å²) in [6.45, 7) is 8.97. The maximum Gasteiger partial charge on any atom is 0.00292 e. The summed E-state index contributed by atoms with van der Waals surface area (Å²) >= 11 is 0. The van der Waals surface area contributed by atoms with E-state index in [9.17, 15) is 0 Å². The Labute approximate surface area is 123 Å². The van der Waals surface area contributed by atoms with Crippen LogP contribution in [-0.4, -0.2) is 0 Å². The summed E-state index contributed by atoms with van der Waals surface area (Å²) in [5.41, 5.74) is 6.28. The van der Waals surface area contributed by atoms with Crippen LogP contribution in [0.15, 0.2) is 58.7 Å². The minimum Gasteiger partial charge on any atom is -0.0810 e. The van der Waals surface area contributed by atoms with Crippen molar-refractivity contribution in [2.24, 2.45) is 23.7 Å². The molecular weight excluding hydrogens is 240 g/mol. The third-order valence-corrected chi connectivity index (χ3v) is 4.95. The van der Waals surface area contributed by atoms with Crippen molar-refractivity contribution in [2.45, 2.75) is 40.5 Å². The zero-order valence-electron chi connectivity index (χ0n) is 13.2. The topological polar surface area (TPSA) is 0 Å². The lowest BCUT2D eigenvalue weighted by atomic mass is 9.89. The molecule has 1 saturated carbocycles. The van der Waals surface area contributed by atoms with Gasteiger partial charge in [0.2, 0.25) is 0 Å². The van der Waals surface area contributed by atoms with Gasteiger partial charge >= 0.3 is 0 Å². The monoisotopic (exact) mass is 266 g/mol. The summed E-state index contributed by atoms with van der Waals surface area (Å²) in [7, 11) is 0. The molecule has 106 valence electrons. The van der Waals surface area contributed by atoms with Crippen LogP contribution in [0.2, 0.25) is 0 Å². The fourth-order valence-electron chi connectivity index (χ4n) is 4.13. The highest BCUT2D eigenvalue weighted by Crippen LogP contribution is 2.49. The van der Waals surface area contributed by atoms with E-state index in [1.54, 1.807) is 11.1 Å². The maximum absolute atomic E-state index is 2.39.